The molecule has 3 heteroatoms. The van der Waals surface area contributed by atoms with Crippen LogP contribution in [0.5, 0.6) is 0 Å². The minimum absolute atomic E-state index is 0.0704. The summed E-state index contributed by atoms with van der Waals surface area (Å²) in [5, 5.41) is 0. The van der Waals surface area contributed by atoms with Gasteiger partial charge in [-0.1, -0.05) is 6.42 Å². The number of carbonyl (C=O) groups is 1. The molecule has 92 valence electrons. The van der Waals surface area contributed by atoms with Crippen molar-refractivity contribution in [3.05, 3.63) is 0 Å². The molecule has 0 spiro atoms. The third-order valence-corrected chi connectivity index (χ3v) is 4.43. The van der Waals surface area contributed by atoms with E-state index in [4.69, 9.17) is 5.73 Å². The summed E-state index contributed by atoms with van der Waals surface area (Å²) >= 11 is 0. The summed E-state index contributed by atoms with van der Waals surface area (Å²) in [6.07, 6.45) is 7.99. The molecule has 1 atom stereocenters. The zero-order chi connectivity index (χ0) is 11.6. The Balaban J connectivity index is 1.96. The molecule has 1 saturated heterocycles. The summed E-state index contributed by atoms with van der Waals surface area (Å²) in [6.45, 7) is 3.66. The molecule has 0 bridgehead atoms. The van der Waals surface area contributed by atoms with E-state index in [9.17, 15) is 4.79 Å². The van der Waals surface area contributed by atoms with Crippen LogP contribution in [0.3, 0.4) is 0 Å². The van der Waals surface area contributed by atoms with Gasteiger partial charge in [0, 0.05) is 19.5 Å². The van der Waals surface area contributed by atoms with Crippen molar-refractivity contribution in [2.24, 2.45) is 11.7 Å². The minimum Gasteiger partial charge on any atom is -0.336 e. The standard InChI is InChI=1S/C13H24N2O/c1-13(10-14)7-2-3-8-15(13)12(16)9-11-5-4-6-11/h11H,2-10,14H2,1H3. The summed E-state index contributed by atoms with van der Waals surface area (Å²) in [4.78, 5) is 14.3. The molecular weight excluding hydrogens is 200 g/mol. The van der Waals surface area contributed by atoms with E-state index in [0.29, 0.717) is 18.4 Å². The van der Waals surface area contributed by atoms with Crippen molar-refractivity contribution in [3.8, 4) is 0 Å². The van der Waals surface area contributed by atoms with Gasteiger partial charge in [0.1, 0.15) is 0 Å². The molecule has 3 nitrogen and oxygen atoms in total. The molecule has 1 aliphatic heterocycles. The van der Waals surface area contributed by atoms with Crippen LogP contribution in [-0.4, -0.2) is 29.4 Å². The number of carbonyl (C=O) groups excluding carboxylic acids is 1. The van der Waals surface area contributed by atoms with Crippen molar-refractivity contribution in [1.82, 2.24) is 4.90 Å². The van der Waals surface area contributed by atoms with Crippen LogP contribution in [0.4, 0.5) is 0 Å². The summed E-state index contributed by atoms with van der Waals surface area (Å²) in [5.41, 5.74) is 5.78. The van der Waals surface area contributed by atoms with Crippen LogP contribution >= 0.6 is 0 Å². The van der Waals surface area contributed by atoms with Crippen LogP contribution in [-0.2, 0) is 4.79 Å². The van der Waals surface area contributed by atoms with Gasteiger partial charge in [-0.3, -0.25) is 4.79 Å². The zero-order valence-corrected chi connectivity index (χ0v) is 10.4. The largest absolute Gasteiger partial charge is 0.336 e. The van der Waals surface area contributed by atoms with Gasteiger partial charge >= 0.3 is 0 Å². The highest BCUT2D eigenvalue weighted by atomic mass is 16.2. The summed E-state index contributed by atoms with van der Waals surface area (Å²) < 4.78 is 0. The van der Waals surface area contributed by atoms with Crippen molar-refractivity contribution >= 4 is 5.91 Å². The Kier molecular flexibility index (Phi) is 3.53. The van der Waals surface area contributed by atoms with E-state index in [-0.39, 0.29) is 5.54 Å². The predicted octanol–water partition coefficient (Wildman–Crippen LogP) is 1.91. The topological polar surface area (TPSA) is 46.3 Å². The normalized spacial score (nSPS) is 31.2. The molecule has 2 N–H and O–H groups in total. The van der Waals surface area contributed by atoms with Crippen molar-refractivity contribution in [3.63, 3.8) is 0 Å². The van der Waals surface area contributed by atoms with Gasteiger partial charge in [0.15, 0.2) is 0 Å². The first-order chi connectivity index (χ1) is 7.65. The fraction of sp³-hybridized carbons (Fsp3) is 0.923. The fourth-order valence-electron chi connectivity index (χ4n) is 2.87. The van der Waals surface area contributed by atoms with Crippen LogP contribution in [0.2, 0.25) is 0 Å². The quantitative estimate of drug-likeness (QED) is 0.796. The molecule has 1 amide bonds. The minimum atomic E-state index is -0.0704. The Morgan fingerprint density at radius 2 is 2.12 bits per heavy atom. The molecule has 1 saturated carbocycles. The van der Waals surface area contributed by atoms with Gasteiger partial charge in [-0.2, -0.15) is 0 Å². The van der Waals surface area contributed by atoms with Gasteiger partial charge in [-0.05, 0) is 44.9 Å². The molecule has 1 unspecified atom stereocenters. The molecule has 0 radical (unpaired) electrons. The Hall–Kier alpha value is -0.570. The molecule has 0 aromatic carbocycles. The van der Waals surface area contributed by atoms with Crippen molar-refractivity contribution in [2.75, 3.05) is 13.1 Å². The maximum absolute atomic E-state index is 12.2. The van der Waals surface area contributed by atoms with Gasteiger partial charge in [0.2, 0.25) is 5.91 Å². The van der Waals surface area contributed by atoms with E-state index >= 15 is 0 Å². The second kappa shape index (κ2) is 4.74. The average molecular weight is 224 g/mol. The first kappa shape index (κ1) is 11.9. The monoisotopic (exact) mass is 224 g/mol. The number of amides is 1. The molecule has 16 heavy (non-hydrogen) atoms. The molecule has 0 aromatic rings. The number of piperidine rings is 1. The summed E-state index contributed by atoms with van der Waals surface area (Å²) in [5.74, 6) is 1.01. The van der Waals surface area contributed by atoms with Crippen LogP contribution < -0.4 is 5.73 Å². The van der Waals surface area contributed by atoms with Gasteiger partial charge in [0.05, 0.1) is 5.54 Å². The Morgan fingerprint density at radius 1 is 1.38 bits per heavy atom. The Labute approximate surface area is 98.4 Å². The lowest BCUT2D eigenvalue weighted by Crippen LogP contribution is -2.57. The SMILES string of the molecule is CC1(CN)CCCCN1C(=O)CC1CCC1. The van der Waals surface area contributed by atoms with E-state index in [2.05, 4.69) is 11.8 Å². The number of hydrogen-bond acceptors (Lipinski definition) is 2. The van der Waals surface area contributed by atoms with Gasteiger partial charge in [-0.15, -0.1) is 0 Å². The Bertz CT molecular complexity index is 263. The smallest absolute Gasteiger partial charge is 0.223 e. The maximum atomic E-state index is 12.2. The fourth-order valence-corrected chi connectivity index (χ4v) is 2.87. The van der Waals surface area contributed by atoms with E-state index in [1.165, 1.54) is 25.7 Å². The summed E-state index contributed by atoms with van der Waals surface area (Å²) in [7, 11) is 0. The highest BCUT2D eigenvalue weighted by Crippen LogP contribution is 2.33. The first-order valence-electron chi connectivity index (χ1n) is 6.66. The highest BCUT2D eigenvalue weighted by molar-refractivity contribution is 5.77. The van der Waals surface area contributed by atoms with E-state index in [0.717, 1.165) is 25.8 Å². The van der Waals surface area contributed by atoms with Crippen LogP contribution in [0, 0.1) is 5.92 Å². The van der Waals surface area contributed by atoms with Crippen LogP contribution in [0.15, 0.2) is 0 Å². The van der Waals surface area contributed by atoms with Crippen molar-refractivity contribution in [2.45, 2.75) is 57.4 Å². The van der Waals surface area contributed by atoms with Crippen LogP contribution in [0.25, 0.3) is 0 Å². The van der Waals surface area contributed by atoms with E-state index in [1.807, 2.05) is 0 Å². The summed E-state index contributed by atoms with van der Waals surface area (Å²) in [6, 6.07) is 0. The Morgan fingerprint density at radius 3 is 2.69 bits per heavy atom. The predicted molar refractivity (Wildman–Crippen MR) is 65.0 cm³/mol. The third kappa shape index (κ3) is 2.24. The highest BCUT2D eigenvalue weighted by Gasteiger charge is 2.37. The molecule has 2 fully saturated rings. The molecule has 0 aromatic heterocycles. The lowest BCUT2D eigenvalue weighted by atomic mass is 9.81. The van der Waals surface area contributed by atoms with Gasteiger partial charge < -0.3 is 10.6 Å². The number of rotatable bonds is 3. The number of nitrogens with two attached hydrogens (primary N) is 1. The lowest BCUT2D eigenvalue weighted by molar-refractivity contribution is -0.140. The molecular formula is C13H24N2O. The second-order valence-corrected chi connectivity index (χ2v) is 5.70. The number of hydrogen-bond donors (Lipinski definition) is 1. The zero-order valence-electron chi connectivity index (χ0n) is 10.4. The number of likely N-dealkylation sites (tertiary alicyclic amines) is 1. The van der Waals surface area contributed by atoms with Gasteiger partial charge in [0.25, 0.3) is 0 Å². The lowest BCUT2D eigenvalue weighted by Gasteiger charge is -2.45. The van der Waals surface area contributed by atoms with E-state index < -0.39 is 0 Å². The maximum Gasteiger partial charge on any atom is 0.223 e. The molecule has 2 rings (SSSR count). The van der Waals surface area contributed by atoms with Crippen molar-refractivity contribution < 1.29 is 4.79 Å². The van der Waals surface area contributed by atoms with Crippen LogP contribution in [0.1, 0.15) is 51.9 Å². The van der Waals surface area contributed by atoms with Crippen molar-refractivity contribution in [1.29, 1.82) is 0 Å². The number of nitrogens with zero attached hydrogens (tertiary/aromatic N) is 1. The van der Waals surface area contributed by atoms with E-state index in [1.54, 1.807) is 0 Å². The third-order valence-electron chi connectivity index (χ3n) is 4.43. The molecule has 2 aliphatic rings. The second-order valence-electron chi connectivity index (χ2n) is 5.70. The average Bonchev–Trinajstić information content (AvgIpc) is 2.24. The first-order valence-corrected chi connectivity index (χ1v) is 6.66. The molecule has 1 aliphatic carbocycles. The van der Waals surface area contributed by atoms with Gasteiger partial charge in [-0.25, -0.2) is 0 Å². The molecule has 1 heterocycles.